The lowest BCUT2D eigenvalue weighted by molar-refractivity contribution is 0.472. The molecule has 0 aliphatic rings. The van der Waals surface area contributed by atoms with Crippen molar-refractivity contribution in [3.05, 3.63) is 59.7 Å². The predicted octanol–water partition coefficient (Wildman–Crippen LogP) is 1.26. The van der Waals surface area contributed by atoms with E-state index in [4.69, 9.17) is 11.5 Å². The van der Waals surface area contributed by atoms with Crippen LogP contribution in [0.3, 0.4) is 0 Å². The van der Waals surface area contributed by atoms with Crippen LogP contribution < -0.4 is 11.5 Å². The molecule has 94 valence electrons. The molecule has 18 heavy (non-hydrogen) atoms. The second kappa shape index (κ2) is 4.68. The Labute approximate surface area is 105 Å². The topological polar surface area (TPSA) is 92.5 Å². The van der Waals surface area contributed by atoms with Gasteiger partial charge >= 0.3 is 0 Å². The molecule has 2 aromatic carbocycles. The highest BCUT2D eigenvalue weighted by molar-refractivity contribution is 5.42. The van der Waals surface area contributed by atoms with Gasteiger partial charge < -0.3 is 21.7 Å². The highest BCUT2D eigenvalue weighted by Crippen LogP contribution is 2.28. The molecule has 0 fully saturated rings. The van der Waals surface area contributed by atoms with Gasteiger partial charge in [0, 0.05) is 6.54 Å². The van der Waals surface area contributed by atoms with E-state index < -0.39 is 5.54 Å². The Bertz CT molecular complexity index is 475. The third-order valence-electron chi connectivity index (χ3n) is 3.09. The first-order valence-corrected chi connectivity index (χ1v) is 5.64. The van der Waals surface area contributed by atoms with Crippen LogP contribution in [0.15, 0.2) is 48.5 Å². The van der Waals surface area contributed by atoms with Crippen molar-refractivity contribution in [2.75, 3.05) is 6.54 Å². The fourth-order valence-corrected chi connectivity index (χ4v) is 1.92. The first-order valence-electron chi connectivity index (χ1n) is 5.64. The molecule has 0 unspecified atom stereocenters. The summed E-state index contributed by atoms with van der Waals surface area (Å²) in [6.07, 6.45) is 0. The second-order valence-electron chi connectivity index (χ2n) is 4.27. The SMILES string of the molecule is NCC(N)(c1ccc(O)cc1)c1ccc(O)cc1. The highest BCUT2D eigenvalue weighted by Gasteiger charge is 2.27. The molecule has 0 saturated carbocycles. The molecule has 0 atom stereocenters. The van der Waals surface area contributed by atoms with E-state index >= 15 is 0 Å². The number of benzene rings is 2. The molecular weight excluding hydrogens is 228 g/mol. The predicted molar refractivity (Wildman–Crippen MR) is 70.2 cm³/mol. The Hall–Kier alpha value is -2.04. The number of phenols is 2. The zero-order valence-electron chi connectivity index (χ0n) is 9.88. The van der Waals surface area contributed by atoms with Crippen LogP contribution in [0.4, 0.5) is 0 Å². The Balaban J connectivity index is 2.47. The van der Waals surface area contributed by atoms with E-state index in [1.54, 1.807) is 48.5 Å². The summed E-state index contributed by atoms with van der Waals surface area (Å²) in [7, 11) is 0. The van der Waals surface area contributed by atoms with E-state index in [-0.39, 0.29) is 18.0 Å². The monoisotopic (exact) mass is 244 g/mol. The van der Waals surface area contributed by atoms with Crippen LogP contribution in [0.5, 0.6) is 11.5 Å². The number of phenolic OH excluding ortho intramolecular Hbond substituents is 2. The number of rotatable bonds is 3. The molecule has 0 amide bonds. The third kappa shape index (κ3) is 2.16. The Kier molecular flexibility index (Phi) is 3.23. The van der Waals surface area contributed by atoms with Crippen molar-refractivity contribution in [2.24, 2.45) is 11.5 Å². The van der Waals surface area contributed by atoms with Crippen molar-refractivity contribution in [3.63, 3.8) is 0 Å². The maximum atomic E-state index is 9.30. The molecule has 0 radical (unpaired) electrons. The maximum absolute atomic E-state index is 9.30. The van der Waals surface area contributed by atoms with E-state index in [1.165, 1.54) is 0 Å². The zero-order chi connectivity index (χ0) is 13.2. The van der Waals surface area contributed by atoms with Gasteiger partial charge in [0.05, 0.1) is 5.54 Å². The summed E-state index contributed by atoms with van der Waals surface area (Å²) in [5.41, 5.74) is 12.9. The average molecular weight is 244 g/mol. The minimum atomic E-state index is -0.832. The van der Waals surface area contributed by atoms with Gasteiger partial charge in [-0.25, -0.2) is 0 Å². The molecule has 0 heterocycles. The van der Waals surface area contributed by atoms with Crippen molar-refractivity contribution >= 4 is 0 Å². The minimum Gasteiger partial charge on any atom is -0.508 e. The van der Waals surface area contributed by atoms with Gasteiger partial charge in [-0.05, 0) is 35.4 Å². The normalized spacial score (nSPS) is 11.4. The summed E-state index contributed by atoms with van der Waals surface area (Å²) in [5, 5.41) is 18.6. The molecule has 2 aromatic rings. The summed E-state index contributed by atoms with van der Waals surface area (Å²) in [6.45, 7) is 0.225. The lowest BCUT2D eigenvalue weighted by Crippen LogP contribution is -2.45. The van der Waals surface area contributed by atoms with Crippen molar-refractivity contribution < 1.29 is 10.2 Å². The fourth-order valence-electron chi connectivity index (χ4n) is 1.92. The molecule has 0 aliphatic carbocycles. The van der Waals surface area contributed by atoms with Crippen LogP contribution in [0.25, 0.3) is 0 Å². The number of hydrogen-bond donors (Lipinski definition) is 4. The van der Waals surface area contributed by atoms with Gasteiger partial charge in [0.25, 0.3) is 0 Å². The van der Waals surface area contributed by atoms with Crippen molar-refractivity contribution in [2.45, 2.75) is 5.54 Å². The summed E-state index contributed by atoms with van der Waals surface area (Å²) >= 11 is 0. The number of aromatic hydroxyl groups is 2. The smallest absolute Gasteiger partial charge is 0.115 e. The molecule has 0 aliphatic heterocycles. The molecule has 0 saturated heterocycles. The summed E-state index contributed by atoms with van der Waals surface area (Å²) in [6, 6.07) is 13.3. The number of nitrogens with two attached hydrogens (primary N) is 2. The van der Waals surface area contributed by atoms with Crippen LogP contribution in [-0.2, 0) is 5.54 Å². The Morgan fingerprint density at radius 1 is 0.778 bits per heavy atom. The standard InChI is InChI=1S/C14H16N2O2/c15-9-14(16,10-1-5-12(17)6-2-10)11-3-7-13(18)8-4-11/h1-8,17-18H,9,15-16H2. The van der Waals surface area contributed by atoms with E-state index in [9.17, 15) is 10.2 Å². The van der Waals surface area contributed by atoms with Gasteiger partial charge in [-0.1, -0.05) is 24.3 Å². The van der Waals surface area contributed by atoms with Crippen LogP contribution in [0.1, 0.15) is 11.1 Å². The summed E-state index contributed by atoms with van der Waals surface area (Å²) in [5.74, 6) is 0.368. The lowest BCUT2D eigenvalue weighted by Gasteiger charge is -2.29. The van der Waals surface area contributed by atoms with Crippen LogP contribution in [0.2, 0.25) is 0 Å². The molecule has 4 heteroatoms. The van der Waals surface area contributed by atoms with E-state index in [0.29, 0.717) is 0 Å². The van der Waals surface area contributed by atoms with Gasteiger partial charge in [-0.3, -0.25) is 0 Å². The van der Waals surface area contributed by atoms with Crippen molar-refractivity contribution in [1.29, 1.82) is 0 Å². The maximum Gasteiger partial charge on any atom is 0.115 e. The minimum absolute atomic E-state index is 0.184. The summed E-state index contributed by atoms with van der Waals surface area (Å²) < 4.78 is 0. The van der Waals surface area contributed by atoms with Gasteiger partial charge in [0.2, 0.25) is 0 Å². The van der Waals surface area contributed by atoms with E-state index in [0.717, 1.165) is 11.1 Å². The number of hydrogen-bond acceptors (Lipinski definition) is 4. The highest BCUT2D eigenvalue weighted by atomic mass is 16.3. The Morgan fingerprint density at radius 2 is 1.11 bits per heavy atom. The summed E-state index contributed by atoms with van der Waals surface area (Å²) in [4.78, 5) is 0. The van der Waals surface area contributed by atoms with Gasteiger partial charge in [-0.2, -0.15) is 0 Å². The van der Waals surface area contributed by atoms with Crippen LogP contribution >= 0.6 is 0 Å². The van der Waals surface area contributed by atoms with E-state index in [1.807, 2.05) is 0 Å². The molecule has 4 nitrogen and oxygen atoms in total. The second-order valence-corrected chi connectivity index (χ2v) is 4.27. The quantitative estimate of drug-likeness (QED) is 0.654. The largest absolute Gasteiger partial charge is 0.508 e. The molecule has 2 rings (SSSR count). The molecule has 6 N–H and O–H groups in total. The molecule has 0 aromatic heterocycles. The van der Waals surface area contributed by atoms with Crippen molar-refractivity contribution in [1.82, 2.24) is 0 Å². The first kappa shape index (κ1) is 12.4. The molecular formula is C14H16N2O2. The fraction of sp³-hybridized carbons (Fsp3) is 0.143. The van der Waals surface area contributed by atoms with Gasteiger partial charge in [0.15, 0.2) is 0 Å². The molecule has 0 bridgehead atoms. The third-order valence-corrected chi connectivity index (χ3v) is 3.09. The van der Waals surface area contributed by atoms with Gasteiger partial charge in [0.1, 0.15) is 11.5 Å². The average Bonchev–Trinajstić information content (AvgIpc) is 2.39. The zero-order valence-corrected chi connectivity index (χ0v) is 9.88. The Morgan fingerprint density at radius 3 is 1.39 bits per heavy atom. The van der Waals surface area contributed by atoms with Crippen molar-refractivity contribution in [3.8, 4) is 11.5 Å². The van der Waals surface area contributed by atoms with Crippen LogP contribution in [-0.4, -0.2) is 16.8 Å². The van der Waals surface area contributed by atoms with Crippen LogP contribution in [0, 0.1) is 0 Å². The molecule has 0 spiro atoms. The lowest BCUT2D eigenvalue weighted by atomic mass is 9.84. The van der Waals surface area contributed by atoms with Gasteiger partial charge in [-0.15, -0.1) is 0 Å². The van der Waals surface area contributed by atoms with E-state index in [2.05, 4.69) is 0 Å². The first-order chi connectivity index (χ1) is 8.56.